The van der Waals surface area contributed by atoms with E-state index in [4.69, 9.17) is 13.6 Å². The van der Waals surface area contributed by atoms with E-state index in [9.17, 15) is 0 Å². The summed E-state index contributed by atoms with van der Waals surface area (Å²) < 4.78 is 16.2. The number of aromatic nitrogens is 2. The summed E-state index contributed by atoms with van der Waals surface area (Å²) in [5.74, 6) is 1.67. The van der Waals surface area contributed by atoms with Crippen LogP contribution >= 0.6 is 0 Å². The van der Waals surface area contributed by atoms with E-state index >= 15 is 0 Å². The van der Waals surface area contributed by atoms with E-state index in [2.05, 4.69) is 15.1 Å². The molecule has 1 saturated heterocycles. The van der Waals surface area contributed by atoms with Crippen molar-refractivity contribution in [2.75, 3.05) is 20.2 Å². The van der Waals surface area contributed by atoms with Gasteiger partial charge in [-0.1, -0.05) is 0 Å². The number of rotatable bonds is 4. The molecule has 0 aliphatic carbocycles. The summed E-state index contributed by atoms with van der Waals surface area (Å²) in [6, 6.07) is 3.61. The summed E-state index contributed by atoms with van der Waals surface area (Å²) in [5.41, 5.74) is 0. The van der Waals surface area contributed by atoms with Crippen LogP contribution in [0.5, 0.6) is 0 Å². The van der Waals surface area contributed by atoms with Gasteiger partial charge >= 0.3 is 0 Å². The third kappa shape index (κ3) is 2.85. The number of nitrogens with zero attached hydrogens (tertiary/aromatic N) is 3. The topological polar surface area (TPSA) is 64.5 Å². The normalized spacial score (nSPS) is 17.9. The van der Waals surface area contributed by atoms with Crippen molar-refractivity contribution in [1.29, 1.82) is 0 Å². The Kier molecular flexibility index (Phi) is 3.61. The molecule has 6 nitrogen and oxygen atoms in total. The highest BCUT2D eigenvalue weighted by Crippen LogP contribution is 2.20. The number of piperidine rings is 1. The predicted molar refractivity (Wildman–Crippen MR) is 67.3 cm³/mol. The fourth-order valence-corrected chi connectivity index (χ4v) is 2.31. The van der Waals surface area contributed by atoms with Gasteiger partial charge in [-0.2, -0.15) is 0 Å². The lowest BCUT2D eigenvalue weighted by Crippen LogP contribution is -2.36. The molecule has 0 radical (unpaired) electrons. The minimum absolute atomic E-state index is 0.387. The Morgan fingerprint density at radius 1 is 1.37 bits per heavy atom. The van der Waals surface area contributed by atoms with Gasteiger partial charge in [-0.05, 0) is 25.0 Å². The fraction of sp³-hybridized carbons (Fsp3) is 0.538. The summed E-state index contributed by atoms with van der Waals surface area (Å²) in [5, 5.41) is 8.05. The van der Waals surface area contributed by atoms with Crippen LogP contribution in [-0.2, 0) is 11.3 Å². The Hall–Kier alpha value is -1.66. The number of furan rings is 1. The highest BCUT2D eigenvalue weighted by molar-refractivity contribution is 5.42. The molecule has 2 aromatic rings. The van der Waals surface area contributed by atoms with Gasteiger partial charge in [0.1, 0.15) is 0 Å². The van der Waals surface area contributed by atoms with E-state index in [1.54, 1.807) is 25.5 Å². The Bertz CT molecular complexity index is 501. The Morgan fingerprint density at radius 2 is 2.21 bits per heavy atom. The largest absolute Gasteiger partial charge is 0.459 e. The van der Waals surface area contributed by atoms with E-state index in [1.165, 1.54) is 0 Å². The third-order valence-electron chi connectivity index (χ3n) is 3.43. The number of hydrogen-bond donors (Lipinski definition) is 0. The van der Waals surface area contributed by atoms with E-state index in [1.807, 2.05) is 0 Å². The second-order valence-electron chi connectivity index (χ2n) is 4.69. The third-order valence-corrected chi connectivity index (χ3v) is 3.43. The molecule has 0 saturated carbocycles. The minimum Gasteiger partial charge on any atom is -0.459 e. The lowest BCUT2D eigenvalue weighted by atomic mass is 10.1. The Balaban J connectivity index is 1.59. The van der Waals surface area contributed by atoms with Crippen LogP contribution in [0.3, 0.4) is 0 Å². The molecule has 1 fully saturated rings. The number of hydrogen-bond acceptors (Lipinski definition) is 6. The van der Waals surface area contributed by atoms with Gasteiger partial charge in [-0.15, -0.1) is 10.2 Å². The smallest absolute Gasteiger partial charge is 0.283 e. The highest BCUT2D eigenvalue weighted by Gasteiger charge is 2.20. The van der Waals surface area contributed by atoms with Crippen molar-refractivity contribution < 1.29 is 13.6 Å². The van der Waals surface area contributed by atoms with E-state index in [0.29, 0.717) is 30.2 Å². The first kappa shape index (κ1) is 12.4. The minimum atomic E-state index is 0.387. The maximum Gasteiger partial charge on any atom is 0.283 e. The first-order valence-electron chi connectivity index (χ1n) is 6.46. The van der Waals surface area contributed by atoms with Gasteiger partial charge in [0.25, 0.3) is 5.89 Å². The lowest BCUT2D eigenvalue weighted by molar-refractivity contribution is 0.0365. The van der Waals surface area contributed by atoms with E-state index < -0.39 is 0 Å². The van der Waals surface area contributed by atoms with Crippen LogP contribution in [0.25, 0.3) is 11.7 Å². The molecular weight excluding hydrogens is 246 g/mol. The first-order valence-corrected chi connectivity index (χ1v) is 6.46. The van der Waals surface area contributed by atoms with Crippen LogP contribution in [0.4, 0.5) is 0 Å². The molecule has 0 spiro atoms. The van der Waals surface area contributed by atoms with E-state index in [0.717, 1.165) is 25.9 Å². The van der Waals surface area contributed by atoms with Gasteiger partial charge in [-0.3, -0.25) is 4.90 Å². The molecule has 0 N–H and O–H groups in total. The van der Waals surface area contributed by atoms with Gasteiger partial charge in [0.05, 0.1) is 18.9 Å². The zero-order chi connectivity index (χ0) is 13.1. The molecule has 6 heteroatoms. The summed E-state index contributed by atoms with van der Waals surface area (Å²) in [7, 11) is 1.77. The van der Waals surface area contributed by atoms with Gasteiger partial charge in [0.15, 0.2) is 5.76 Å². The van der Waals surface area contributed by atoms with Crippen molar-refractivity contribution in [2.45, 2.75) is 25.5 Å². The molecule has 1 aliphatic heterocycles. The molecule has 102 valence electrons. The molecule has 0 amide bonds. The summed E-state index contributed by atoms with van der Waals surface area (Å²) in [4.78, 5) is 2.30. The van der Waals surface area contributed by atoms with Crippen molar-refractivity contribution in [3.05, 3.63) is 24.3 Å². The Labute approximate surface area is 111 Å². The molecular formula is C13H17N3O3. The van der Waals surface area contributed by atoms with Crippen LogP contribution in [0.1, 0.15) is 18.7 Å². The maximum atomic E-state index is 5.60. The standard InChI is InChI=1S/C13H17N3O3/c1-17-10-4-6-16(7-5-10)9-12-14-15-13(19-12)11-3-2-8-18-11/h2-3,8,10H,4-7,9H2,1H3. The molecule has 19 heavy (non-hydrogen) atoms. The number of likely N-dealkylation sites (tertiary alicyclic amines) is 1. The van der Waals surface area contributed by atoms with Crippen molar-refractivity contribution in [3.63, 3.8) is 0 Å². The summed E-state index contributed by atoms with van der Waals surface area (Å²) in [6.45, 7) is 2.68. The average molecular weight is 263 g/mol. The van der Waals surface area contributed by atoms with Crippen LogP contribution < -0.4 is 0 Å². The summed E-state index contributed by atoms with van der Waals surface area (Å²) >= 11 is 0. The zero-order valence-electron chi connectivity index (χ0n) is 10.9. The monoisotopic (exact) mass is 263 g/mol. The van der Waals surface area contributed by atoms with Gasteiger partial charge in [-0.25, -0.2) is 0 Å². The van der Waals surface area contributed by atoms with Crippen LogP contribution in [0.2, 0.25) is 0 Å². The molecule has 0 aromatic carbocycles. The van der Waals surface area contributed by atoms with Gasteiger partial charge in [0, 0.05) is 20.2 Å². The van der Waals surface area contributed by atoms with Crippen LogP contribution in [0, 0.1) is 0 Å². The average Bonchev–Trinajstić information content (AvgIpc) is 3.10. The lowest BCUT2D eigenvalue weighted by Gasteiger charge is -2.29. The molecule has 0 bridgehead atoms. The summed E-state index contributed by atoms with van der Waals surface area (Å²) in [6.07, 6.45) is 4.08. The fourth-order valence-electron chi connectivity index (χ4n) is 2.31. The molecule has 3 rings (SSSR count). The van der Waals surface area contributed by atoms with Crippen LogP contribution in [-0.4, -0.2) is 41.4 Å². The Morgan fingerprint density at radius 3 is 2.89 bits per heavy atom. The number of methoxy groups -OCH3 is 1. The van der Waals surface area contributed by atoms with E-state index in [-0.39, 0.29) is 0 Å². The molecule has 0 atom stereocenters. The second kappa shape index (κ2) is 5.54. The molecule has 1 aliphatic rings. The molecule has 0 unspecified atom stereocenters. The van der Waals surface area contributed by atoms with Crippen molar-refractivity contribution in [2.24, 2.45) is 0 Å². The molecule has 3 heterocycles. The SMILES string of the molecule is COC1CCN(Cc2nnc(-c3ccco3)o2)CC1. The zero-order valence-corrected chi connectivity index (χ0v) is 10.9. The van der Waals surface area contributed by atoms with Crippen LogP contribution in [0.15, 0.2) is 27.2 Å². The first-order chi connectivity index (χ1) is 9.35. The van der Waals surface area contributed by atoms with Gasteiger partial charge < -0.3 is 13.6 Å². The second-order valence-corrected chi connectivity index (χ2v) is 4.69. The quantitative estimate of drug-likeness (QED) is 0.840. The van der Waals surface area contributed by atoms with Gasteiger partial charge in [0.2, 0.25) is 5.89 Å². The predicted octanol–water partition coefficient (Wildman–Crippen LogP) is 1.94. The van der Waals surface area contributed by atoms with Crippen molar-refractivity contribution in [3.8, 4) is 11.7 Å². The number of ether oxygens (including phenoxy) is 1. The van der Waals surface area contributed by atoms with Crippen molar-refractivity contribution >= 4 is 0 Å². The van der Waals surface area contributed by atoms with Crippen molar-refractivity contribution in [1.82, 2.24) is 15.1 Å². The molecule has 2 aromatic heterocycles. The maximum absolute atomic E-state index is 5.60. The highest BCUT2D eigenvalue weighted by atomic mass is 16.5.